The van der Waals surface area contributed by atoms with E-state index in [0.29, 0.717) is 4.80 Å². The molecule has 0 saturated carbocycles. The second kappa shape index (κ2) is 10.0. The van der Waals surface area contributed by atoms with E-state index in [-0.39, 0.29) is 42.3 Å². The molecule has 2 atom stereocenters. The lowest BCUT2D eigenvalue weighted by molar-refractivity contribution is -0.141. The van der Waals surface area contributed by atoms with Crippen LogP contribution in [0, 0.1) is 6.92 Å². The van der Waals surface area contributed by atoms with Gasteiger partial charge in [-0.2, -0.15) is 9.30 Å². The summed E-state index contributed by atoms with van der Waals surface area (Å²) in [4.78, 5) is 29.6. The number of sulfonamides is 1. The second-order valence-electron chi connectivity index (χ2n) is 8.54. The molecule has 9 nitrogen and oxygen atoms in total. The number of carbonyl (C=O) groups excluding carboxylic acids is 2. The van der Waals surface area contributed by atoms with Crippen molar-refractivity contribution in [3.05, 3.63) is 58.4 Å². The molecule has 0 N–H and O–H groups in total. The predicted molar refractivity (Wildman–Crippen MR) is 132 cm³/mol. The minimum absolute atomic E-state index is 0.0841. The van der Waals surface area contributed by atoms with Crippen LogP contribution in [0.5, 0.6) is 0 Å². The van der Waals surface area contributed by atoms with Crippen molar-refractivity contribution in [2.45, 2.75) is 44.4 Å². The fourth-order valence-electron chi connectivity index (χ4n) is 4.01. The summed E-state index contributed by atoms with van der Waals surface area (Å²) in [5.74, 6) is -0.995. The van der Waals surface area contributed by atoms with E-state index in [0.717, 1.165) is 15.8 Å². The highest BCUT2D eigenvalue weighted by Crippen LogP contribution is 2.22. The summed E-state index contributed by atoms with van der Waals surface area (Å²) in [6.45, 7) is 6.09. The number of ether oxygens (including phenoxy) is 2. The molecule has 1 aliphatic rings. The Morgan fingerprint density at radius 2 is 1.77 bits per heavy atom. The summed E-state index contributed by atoms with van der Waals surface area (Å²) in [7, 11) is -2.41. The molecule has 0 bridgehead atoms. The van der Waals surface area contributed by atoms with Crippen molar-refractivity contribution >= 4 is 43.5 Å². The van der Waals surface area contributed by atoms with Gasteiger partial charge in [0.2, 0.25) is 10.0 Å². The number of esters is 1. The molecule has 0 radical (unpaired) electrons. The Kier molecular flexibility index (Phi) is 7.22. The van der Waals surface area contributed by atoms with Crippen molar-refractivity contribution in [3.8, 4) is 0 Å². The maximum absolute atomic E-state index is 13.1. The van der Waals surface area contributed by atoms with Crippen LogP contribution in [0.15, 0.2) is 52.4 Å². The van der Waals surface area contributed by atoms with Crippen LogP contribution in [0.4, 0.5) is 0 Å². The van der Waals surface area contributed by atoms with Gasteiger partial charge in [0.05, 0.1) is 34.4 Å². The van der Waals surface area contributed by atoms with E-state index in [4.69, 9.17) is 9.47 Å². The van der Waals surface area contributed by atoms with Gasteiger partial charge in [-0.3, -0.25) is 9.59 Å². The number of aromatic nitrogens is 1. The summed E-state index contributed by atoms with van der Waals surface area (Å²) >= 11 is 1.29. The number of methoxy groups -OCH3 is 1. The van der Waals surface area contributed by atoms with Crippen LogP contribution in [0.25, 0.3) is 10.2 Å². The fraction of sp³-hybridized carbons (Fsp3) is 0.375. The van der Waals surface area contributed by atoms with Crippen molar-refractivity contribution in [3.63, 3.8) is 0 Å². The highest BCUT2D eigenvalue weighted by molar-refractivity contribution is 7.89. The van der Waals surface area contributed by atoms with Gasteiger partial charge in [-0.25, -0.2) is 8.42 Å². The number of aryl methyl sites for hydroxylation is 1. The molecule has 0 aliphatic carbocycles. The highest BCUT2D eigenvalue weighted by Gasteiger charge is 2.32. The topological polar surface area (TPSA) is 107 Å². The minimum Gasteiger partial charge on any atom is -0.468 e. The van der Waals surface area contributed by atoms with Crippen LogP contribution in [-0.4, -0.2) is 61.6 Å². The third kappa shape index (κ3) is 5.37. The molecule has 1 aromatic heterocycles. The maximum Gasteiger partial charge on any atom is 0.325 e. The lowest BCUT2D eigenvalue weighted by Crippen LogP contribution is -2.48. The number of thiazole rings is 1. The zero-order chi connectivity index (χ0) is 25.3. The molecule has 0 spiro atoms. The lowest BCUT2D eigenvalue weighted by atomic mass is 10.2. The standard InChI is InChI=1S/C24H27N3O6S2/c1-15-5-10-20-21(11-15)34-24(27(20)14-22(28)32-4)25-23(29)18-6-8-19(9-7-18)35(30,31)26-12-16(2)33-17(3)13-26/h5-11,16-17H,12-14H2,1-4H3/t16-,17-/m1/s1. The number of rotatable bonds is 5. The Bertz CT molecular complexity index is 1430. The predicted octanol–water partition coefficient (Wildman–Crippen LogP) is 2.72. The highest BCUT2D eigenvalue weighted by atomic mass is 32.2. The first kappa shape index (κ1) is 25.2. The molecule has 35 heavy (non-hydrogen) atoms. The number of amides is 1. The number of fused-ring (bicyclic) bond motifs is 1. The third-order valence-electron chi connectivity index (χ3n) is 5.68. The second-order valence-corrected chi connectivity index (χ2v) is 11.5. The van der Waals surface area contributed by atoms with Crippen LogP contribution in [0.3, 0.4) is 0 Å². The number of morpholine rings is 1. The number of benzene rings is 2. The van der Waals surface area contributed by atoms with E-state index in [9.17, 15) is 18.0 Å². The van der Waals surface area contributed by atoms with E-state index < -0.39 is 21.9 Å². The van der Waals surface area contributed by atoms with Crippen LogP contribution in [0.1, 0.15) is 29.8 Å². The van der Waals surface area contributed by atoms with E-state index >= 15 is 0 Å². The first-order valence-corrected chi connectivity index (χ1v) is 13.4. The molecular formula is C24H27N3O6S2. The van der Waals surface area contributed by atoms with E-state index in [2.05, 4.69) is 4.99 Å². The maximum atomic E-state index is 13.1. The molecule has 0 unspecified atom stereocenters. The molecule has 2 heterocycles. The average molecular weight is 518 g/mol. The molecule has 1 amide bonds. The number of nitrogens with zero attached hydrogens (tertiary/aromatic N) is 3. The zero-order valence-corrected chi connectivity index (χ0v) is 21.6. The van der Waals surface area contributed by atoms with Crippen molar-refractivity contribution in [2.75, 3.05) is 20.2 Å². The summed E-state index contributed by atoms with van der Waals surface area (Å²) in [5, 5.41) is 0. The number of hydrogen-bond donors (Lipinski definition) is 0. The molecule has 1 saturated heterocycles. The van der Waals surface area contributed by atoms with Crippen LogP contribution >= 0.6 is 11.3 Å². The average Bonchev–Trinajstić information content (AvgIpc) is 3.13. The van der Waals surface area contributed by atoms with Crippen molar-refractivity contribution in [1.82, 2.24) is 8.87 Å². The van der Waals surface area contributed by atoms with E-state index in [1.165, 1.54) is 47.0 Å². The fourth-order valence-corrected chi connectivity index (χ4v) is 6.73. The minimum atomic E-state index is -3.72. The normalized spacial score (nSPS) is 19.7. The smallest absolute Gasteiger partial charge is 0.325 e. The van der Waals surface area contributed by atoms with E-state index in [1.807, 2.05) is 39.0 Å². The summed E-state index contributed by atoms with van der Waals surface area (Å²) in [5.41, 5.74) is 2.06. The zero-order valence-electron chi connectivity index (χ0n) is 19.9. The van der Waals surface area contributed by atoms with Crippen LogP contribution in [-0.2, 0) is 30.8 Å². The largest absolute Gasteiger partial charge is 0.468 e. The van der Waals surface area contributed by atoms with Gasteiger partial charge in [0.15, 0.2) is 4.80 Å². The van der Waals surface area contributed by atoms with Gasteiger partial charge >= 0.3 is 5.97 Å². The van der Waals surface area contributed by atoms with Gasteiger partial charge in [0, 0.05) is 18.7 Å². The SMILES string of the molecule is COC(=O)Cn1c(=NC(=O)c2ccc(S(=O)(=O)N3C[C@@H](C)O[C@H](C)C3)cc2)sc2cc(C)ccc21. The van der Waals surface area contributed by atoms with Gasteiger partial charge in [0.1, 0.15) is 6.54 Å². The summed E-state index contributed by atoms with van der Waals surface area (Å²) in [6, 6.07) is 11.5. The molecular weight excluding hydrogens is 490 g/mol. The Morgan fingerprint density at radius 1 is 1.11 bits per heavy atom. The monoisotopic (exact) mass is 517 g/mol. The van der Waals surface area contributed by atoms with Gasteiger partial charge in [-0.1, -0.05) is 17.4 Å². The Morgan fingerprint density at radius 3 is 2.40 bits per heavy atom. The van der Waals surface area contributed by atoms with Gasteiger partial charge in [-0.15, -0.1) is 0 Å². The molecule has 4 rings (SSSR count). The molecule has 3 aromatic rings. The van der Waals surface area contributed by atoms with E-state index in [1.54, 1.807) is 4.57 Å². The Hall–Kier alpha value is -2.86. The van der Waals surface area contributed by atoms with Crippen molar-refractivity contribution in [1.29, 1.82) is 0 Å². The molecule has 11 heteroatoms. The molecule has 1 fully saturated rings. The first-order valence-electron chi connectivity index (χ1n) is 11.1. The molecule has 2 aromatic carbocycles. The Balaban J connectivity index is 1.65. The third-order valence-corrected chi connectivity index (χ3v) is 8.56. The first-order chi connectivity index (χ1) is 16.6. The summed E-state index contributed by atoms with van der Waals surface area (Å²) in [6.07, 6.45) is -0.398. The lowest BCUT2D eigenvalue weighted by Gasteiger charge is -2.34. The quantitative estimate of drug-likeness (QED) is 0.482. The van der Waals surface area contributed by atoms with Gasteiger partial charge in [0.25, 0.3) is 5.91 Å². The number of hydrogen-bond acceptors (Lipinski definition) is 7. The van der Waals surface area contributed by atoms with Crippen molar-refractivity contribution in [2.24, 2.45) is 4.99 Å². The van der Waals surface area contributed by atoms with Crippen LogP contribution in [0.2, 0.25) is 0 Å². The van der Waals surface area contributed by atoms with Gasteiger partial charge < -0.3 is 14.0 Å². The van der Waals surface area contributed by atoms with Crippen molar-refractivity contribution < 1.29 is 27.5 Å². The molecule has 186 valence electrons. The number of carbonyl (C=O) groups is 2. The Labute approximate surface area is 207 Å². The van der Waals surface area contributed by atoms with Crippen LogP contribution < -0.4 is 4.80 Å². The summed E-state index contributed by atoms with van der Waals surface area (Å²) < 4.78 is 40.5. The molecule has 1 aliphatic heterocycles. The van der Waals surface area contributed by atoms with Gasteiger partial charge in [-0.05, 0) is 62.7 Å².